The lowest BCUT2D eigenvalue weighted by Gasteiger charge is -2.30. The van der Waals surface area contributed by atoms with Gasteiger partial charge in [-0.05, 0) is 127 Å². The van der Waals surface area contributed by atoms with Crippen LogP contribution in [0.25, 0.3) is 0 Å². The molecule has 22 nitrogen and oxygen atoms in total. The molecule has 0 saturated heterocycles. The molecule has 2 atom stereocenters. The van der Waals surface area contributed by atoms with Crippen molar-refractivity contribution in [2.75, 3.05) is 49.9 Å². The molecule has 0 radical (unpaired) electrons. The highest BCUT2D eigenvalue weighted by Crippen LogP contribution is 2.51. The summed E-state index contributed by atoms with van der Waals surface area (Å²) >= 11 is 0. The minimum atomic E-state index is -4.63. The highest BCUT2D eigenvalue weighted by Gasteiger charge is 2.46. The molecule has 6 rings (SSSR count). The summed E-state index contributed by atoms with van der Waals surface area (Å²) < 4.78 is 105. The van der Waals surface area contributed by atoms with Crippen molar-refractivity contribution < 1.29 is 72.3 Å². The molecule has 2 unspecified atom stereocenters. The summed E-state index contributed by atoms with van der Waals surface area (Å²) in [6.45, 7) is 7.31. The van der Waals surface area contributed by atoms with E-state index in [1.165, 1.54) is 36.4 Å². The van der Waals surface area contributed by atoms with Crippen LogP contribution in [0.3, 0.4) is 0 Å². The number of amides is 6. The van der Waals surface area contributed by atoms with Crippen molar-refractivity contribution in [2.24, 2.45) is 0 Å². The van der Waals surface area contributed by atoms with Gasteiger partial charge in [0.2, 0.25) is 29.3 Å². The maximum atomic E-state index is 13.6. The molecule has 4 heterocycles. The van der Waals surface area contributed by atoms with Crippen molar-refractivity contribution >= 4 is 82.9 Å². The van der Waals surface area contributed by atoms with Gasteiger partial charge in [-0.15, -0.1) is 0 Å². The van der Waals surface area contributed by atoms with Gasteiger partial charge in [-0.2, -0.15) is 29.8 Å². The molecule has 0 fully saturated rings. The molecule has 0 aromatic heterocycles. The van der Waals surface area contributed by atoms with Crippen molar-refractivity contribution in [1.82, 2.24) is 26.2 Å². The van der Waals surface area contributed by atoms with Crippen LogP contribution in [0.4, 0.5) is 11.4 Å². The second-order valence-electron chi connectivity index (χ2n) is 21.8. The van der Waals surface area contributed by atoms with Crippen LogP contribution in [0.5, 0.6) is 0 Å². The molecule has 448 valence electrons. The number of allylic oxidation sites excluding steroid dienone is 6. The highest BCUT2D eigenvalue weighted by molar-refractivity contribution is 7.86. The Hall–Kier alpha value is -6.38. The van der Waals surface area contributed by atoms with E-state index in [1.807, 2.05) is 43.9 Å². The zero-order valence-corrected chi connectivity index (χ0v) is 49.3. The lowest BCUT2D eigenvalue weighted by molar-refractivity contribution is -0.438. The van der Waals surface area contributed by atoms with E-state index in [0.29, 0.717) is 126 Å². The molecular formula is C57H78N7O15S3+. The summed E-state index contributed by atoms with van der Waals surface area (Å²) in [6, 6.07) is 7.90. The first-order valence-corrected chi connectivity index (χ1v) is 32.5. The molecule has 0 spiro atoms. The third-order valence-electron chi connectivity index (χ3n) is 15.4. The zero-order chi connectivity index (χ0) is 59.9. The van der Waals surface area contributed by atoms with Gasteiger partial charge in [-0.3, -0.25) is 47.3 Å². The van der Waals surface area contributed by atoms with E-state index in [-0.39, 0.29) is 78.7 Å². The van der Waals surface area contributed by atoms with E-state index in [9.17, 15) is 67.7 Å². The number of rotatable bonds is 16. The van der Waals surface area contributed by atoms with Gasteiger partial charge in [-0.1, -0.05) is 37.5 Å². The predicted molar refractivity (Wildman–Crippen MR) is 308 cm³/mol. The van der Waals surface area contributed by atoms with Crippen LogP contribution in [0.2, 0.25) is 0 Å². The monoisotopic (exact) mass is 1200 g/mol. The van der Waals surface area contributed by atoms with E-state index in [1.54, 1.807) is 24.3 Å². The lowest BCUT2D eigenvalue weighted by atomic mass is 9.77. The molecule has 82 heavy (non-hydrogen) atoms. The molecule has 0 aliphatic carbocycles. The number of benzene rings is 2. The smallest absolute Gasteiger partial charge is 0.294 e. The van der Waals surface area contributed by atoms with E-state index in [0.717, 1.165) is 16.3 Å². The first kappa shape index (κ1) is 64.8. The first-order chi connectivity index (χ1) is 38.7. The number of hydrogen-bond donors (Lipinski definition) is 7. The largest absolute Gasteiger partial charge is 0.356 e. The van der Waals surface area contributed by atoms with Crippen LogP contribution in [0.15, 0.2) is 94.4 Å². The van der Waals surface area contributed by atoms with Crippen molar-refractivity contribution in [2.45, 2.75) is 157 Å². The topological polar surface area (TPSA) is 323 Å². The fraction of sp³-hybridized carbons (Fsp3) is 0.526. The normalized spacial score (nSPS) is 22.3. The van der Waals surface area contributed by atoms with Gasteiger partial charge in [0.05, 0.1) is 21.0 Å². The Labute approximate surface area is 481 Å². The van der Waals surface area contributed by atoms with Crippen LogP contribution in [-0.4, -0.2) is 141 Å². The number of imide groups is 1. The predicted octanol–water partition coefficient (Wildman–Crippen LogP) is 5.62. The number of fused-ring (bicyclic) bond motifs is 5. The minimum Gasteiger partial charge on any atom is -0.356 e. The summed E-state index contributed by atoms with van der Waals surface area (Å²) in [7, 11) is -13.5. The number of unbranched alkanes of at least 4 members (excludes halogenated alkanes) is 2. The number of carbonyl (C=O) groups excluding carboxylic acids is 6. The average Bonchev–Trinajstić information content (AvgIpc) is 4.11. The maximum absolute atomic E-state index is 13.6. The summed E-state index contributed by atoms with van der Waals surface area (Å²) in [4.78, 5) is 78.2. The zero-order valence-electron chi connectivity index (χ0n) is 46.9. The molecule has 0 bridgehead atoms. The molecule has 2 aromatic rings. The summed E-state index contributed by atoms with van der Waals surface area (Å²) in [6.07, 6.45) is 19.2. The van der Waals surface area contributed by atoms with Gasteiger partial charge in [-0.25, -0.2) is 0 Å². The second-order valence-corrected chi connectivity index (χ2v) is 26.3. The van der Waals surface area contributed by atoms with E-state index < -0.39 is 64.8 Å². The third-order valence-corrected chi connectivity index (χ3v) is 17.9. The lowest BCUT2D eigenvalue weighted by Crippen LogP contribution is -2.47. The Morgan fingerprint density at radius 1 is 0.683 bits per heavy atom. The fourth-order valence-corrected chi connectivity index (χ4v) is 12.5. The summed E-state index contributed by atoms with van der Waals surface area (Å²) in [5.74, 6) is -2.39. The summed E-state index contributed by atoms with van der Waals surface area (Å²) in [5, 5.41) is 11.5. The van der Waals surface area contributed by atoms with E-state index in [2.05, 4.69) is 25.8 Å². The number of nitrogens with one attached hydrogen (secondary N) is 4. The Morgan fingerprint density at radius 3 is 2.05 bits per heavy atom. The SMILES string of the molecule is CC1(C)C2=[N+](CCCCCC(=O)NC(C(=O)NCCCCCC(=O)NCCN3C(=O)C=CC3=O)CCCCNC(=O)CCCCCC3(C)/C(=C/C=C/C=C/2)N(CCCS(=O)(=O)O)c2ccc(S(=O)(=O)O)cc23)c2ccc(S(=O)(=O)O)cc21. The van der Waals surface area contributed by atoms with Gasteiger partial charge in [0.1, 0.15) is 12.6 Å². The standard InChI is InChI=1S/C57H77N7O15S3/c1-56(2)43-39-41(81(74,75)76)25-27-46(43)62-35-17-7-12-24-52(67)61-45(55(70)60-33-15-6-11-23-51(66)59-34-37-64-53(68)29-30-54(64)69)19-13-16-32-58-50(65)22-10-5-14-31-57(3)44-40-42(82(77,78)79)26-28-47(44)63(36-18-38-80(71,72)73)49(57)21-9-4-8-20-48(56)62/h4,8-9,20-21,25-30,39-40,45H,5-7,10-19,22-24,31-38H2,1-3H3,(H6-,58,59,60,61,65,66,67,70,71,72,73,74,75,76,77,78,79)/p+1. The average molecular weight is 1200 g/mol. The fourth-order valence-electron chi connectivity index (χ4n) is 11.0. The van der Waals surface area contributed by atoms with Crippen LogP contribution >= 0.6 is 0 Å². The molecule has 6 amide bonds. The van der Waals surface area contributed by atoms with Crippen LogP contribution < -0.4 is 26.2 Å². The molecule has 0 saturated carbocycles. The molecule has 7 N–H and O–H groups in total. The van der Waals surface area contributed by atoms with Gasteiger partial charge >= 0.3 is 0 Å². The Morgan fingerprint density at radius 2 is 1.35 bits per heavy atom. The molecule has 25 heteroatoms. The van der Waals surface area contributed by atoms with E-state index >= 15 is 0 Å². The number of hydrogen-bond acceptors (Lipinski definition) is 13. The van der Waals surface area contributed by atoms with Crippen LogP contribution in [0.1, 0.15) is 141 Å². The molecular weight excluding hydrogens is 1120 g/mol. The second kappa shape index (κ2) is 28.7. The number of carbonyl (C=O) groups is 6. The quantitative estimate of drug-likeness (QED) is 0.0464. The molecule has 4 aliphatic heterocycles. The van der Waals surface area contributed by atoms with Crippen molar-refractivity contribution in [3.63, 3.8) is 0 Å². The van der Waals surface area contributed by atoms with Crippen LogP contribution in [0, 0.1) is 0 Å². The van der Waals surface area contributed by atoms with Gasteiger partial charge < -0.3 is 26.2 Å². The van der Waals surface area contributed by atoms with Gasteiger partial charge in [0.15, 0.2) is 5.71 Å². The van der Waals surface area contributed by atoms with Crippen molar-refractivity contribution in [1.29, 1.82) is 0 Å². The van der Waals surface area contributed by atoms with Gasteiger partial charge in [0, 0.05) is 105 Å². The van der Waals surface area contributed by atoms with Gasteiger partial charge in [0.25, 0.3) is 42.2 Å². The number of anilines is 1. The van der Waals surface area contributed by atoms with Crippen LogP contribution in [-0.2, 0) is 70.0 Å². The number of nitrogens with zero attached hydrogens (tertiary/aromatic N) is 3. The summed E-state index contributed by atoms with van der Waals surface area (Å²) in [5.41, 5.74) is 2.47. The maximum Gasteiger partial charge on any atom is 0.294 e. The van der Waals surface area contributed by atoms with Crippen molar-refractivity contribution in [3.05, 3.63) is 95.8 Å². The minimum absolute atomic E-state index is 0.0289. The first-order valence-electron chi connectivity index (χ1n) is 28.0. The van der Waals surface area contributed by atoms with E-state index in [4.69, 9.17) is 0 Å². The highest BCUT2D eigenvalue weighted by atomic mass is 32.2. The molecule has 4 aliphatic rings. The Bertz CT molecular complexity index is 3220. The Balaban J connectivity index is 1.18. The Kier molecular flexibility index (Phi) is 22.7. The molecule has 2 aromatic carbocycles. The third kappa shape index (κ3) is 17.8. The van der Waals surface area contributed by atoms with Crippen molar-refractivity contribution in [3.8, 4) is 0 Å².